The molecule has 2 bridgehead atoms. The first-order valence-corrected chi connectivity index (χ1v) is 14.7. The number of aryl methyl sites for hydroxylation is 1. The van der Waals surface area contributed by atoms with E-state index in [9.17, 15) is 5.11 Å². The number of hydrogen-bond donors (Lipinski definition) is 2. The van der Waals surface area contributed by atoms with E-state index in [4.69, 9.17) is 9.72 Å². The molecule has 3 unspecified atom stereocenters. The molecule has 3 aromatic heterocycles. The van der Waals surface area contributed by atoms with Crippen molar-refractivity contribution in [3.05, 3.63) is 60.2 Å². The molecule has 8 heteroatoms. The van der Waals surface area contributed by atoms with Crippen LogP contribution in [0.15, 0.2) is 48.7 Å². The summed E-state index contributed by atoms with van der Waals surface area (Å²) in [7, 11) is 2.14. The second-order valence-electron chi connectivity index (χ2n) is 12.2. The average Bonchev–Trinajstić information content (AvgIpc) is 3.75. The maximum absolute atomic E-state index is 16.7. The minimum atomic E-state index is -0.504. The molecule has 1 aliphatic carbocycles. The van der Waals surface area contributed by atoms with E-state index in [1.165, 1.54) is 6.42 Å². The molecule has 6 heterocycles. The summed E-state index contributed by atoms with van der Waals surface area (Å²) in [6.07, 6.45) is 5.04. The fourth-order valence-electron chi connectivity index (χ4n) is 7.79. The lowest BCUT2D eigenvalue weighted by Crippen LogP contribution is -2.39. The highest BCUT2D eigenvalue weighted by Gasteiger charge is 2.48. The minimum Gasteiger partial charge on any atom is -0.508 e. The zero-order chi connectivity index (χ0) is 28.0. The Morgan fingerprint density at radius 1 is 1.15 bits per heavy atom. The van der Waals surface area contributed by atoms with E-state index in [-0.39, 0.29) is 29.1 Å². The van der Waals surface area contributed by atoms with Gasteiger partial charge in [0.25, 0.3) is 0 Å². The number of nitrogens with one attached hydrogen (secondary N) is 1. The lowest BCUT2D eigenvalue weighted by molar-refractivity contribution is 0.119. The van der Waals surface area contributed by atoms with Gasteiger partial charge in [-0.3, -0.25) is 9.88 Å². The standard InChI is InChI=1S/C33H34FN5O2/c1-17-11-24-32(39(17)31-20-13-26(31)35-15-20)25-16-36-29(23-14-21(40)12-19-7-4-5-8-22(19)23)28(34)30(25)37-33(24)41-18(2)27-9-6-10-38(27)3/h4-5,7-8,11-12,14,16,18,20,26-27,31,35,40H,6,9-10,13,15H2,1-3H3/t18-,20?,26?,27-,31?/m0/s1. The number of aromatic nitrogens is 3. The third-order valence-corrected chi connectivity index (χ3v) is 9.83. The molecule has 3 saturated heterocycles. The van der Waals surface area contributed by atoms with Gasteiger partial charge in [-0.2, -0.15) is 0 Å². The Balaban J connectivity index is 1.37. The van der Waals surface area contributed by atoms with E-state index in [1.54, 1.807) is 18.3 Å². The van der Waals surface area contributed by atoms with Crippen molar-refractivity contribution in [3.8, 4) is 22.9 Å². The fourth-order valence-corrected chi connectivity index (χ4v) is 7.79. The van der Waals surface area contributed by atoms with E-state index >= 15 is 4.39 Å². The summed E-state index contributed by atoms with van der Waals surface area (Å²) >= 11 is 0. The van der Waals surface area contributed by atoms with Crippen LogP contribution < -0.4 is 10.1 Å². The fraction of sp³-hybridized carbons (Fsp3) is 0.394. The van der Waals surface area contributed by atoms with E-state index in [0.717, 1.165) is 53.3 Å². The van der Waals surface area contributed by atoms with Crippen molar-refractivity contribution in [2.24, 2.45) is 5.92 Å². The first-order valence-electron chi connectivity index (χ1n) is 14.7. The van der Waals surface area contributed by atoms with Crippen molar-refractivity contribution in [2.75, 3.05) is 20.1 Å². The van der Waals surface area contributed by atoms with Crippen molar-refractivity contribution in [3.63, 3.8) is 0 Å². The highest BCUT2D eigenvalue weighted by atomic mass is 19.1. The monoisotopic (exact) mass is 551 g/mol. The Labute approximate surface area is 238 Å². The molecule has 9 rings (SSSR count). The predicted octanol–water partition coefficient (Wildman–Crippen LogP) is 5.95. The van der Waals surface area contributed by atoms with Gasteiger partial charge in [0, 0.05) is 41.5 Å². The molecule has 41 heavy (non-hydrogen) atoms. The summed E-state index contributed by atoms with van der Waals surface area (Å²) in [6, 6.07) is 14.1. The van der Waals surface area contributed by atoms with Crippen LogP contribution in [0.1, 0.15) is 37.9 Å². The molecule has 3 aliphatic heterocycles. The van der Waals surface area contributed by atoms with Gasteiger partial charge in [0.15, 0.2) is 5.82 Å². The predicted molar refractivity (Wildman–Crippen MR) is 159 cm³/mol. The number of phenols is 1. The van der Waals surface area contributed by atoms with Gasteiger partial charge in [0.1, 0.15) is 23.1 Å². The second kappa shape index (κ2) is 9.13. The number of likely N-dealkylation sites (tertiary alicyclic amines) is 1. The first kappa shape index (κ1) is 25.0. The number of phenolic OH excluding ortho intramolecular Hbond substituents is 1. The van der Waals surface area contributed by atoms with Gasteiger partial charge in [-0.15, -0.1) is 0 Å². The summed E-state index contributed by atoms with van der Waals surface area (Å²) < 4.78 is 25.7. The van der Waals surface area contributed by atoms with Crippen LogP contribution in [0, 0.1) is 18.7 Å². The Kier molecular flexibility index (Phi) is 5.57. The zero-order valence-corrected chi connectivity index (χ0v) is 23.6. The van der Waals surface area contributed by atoms with Crippen molar-refractivity contribution in [2.45, 2.75) is 57.3 Å². The van der Waals surface area contributed by atoms with E-state index < -0.39 is 5.82 Å². The molecule has 5 aromatic rings. The molecule has 4 fully saturated rings. The molecule has 0 spiro atoms. The SMILES string of the molecule is Cc1cc2c(O[C@@H](C)[C@@H]3CCCN3C)nc3c(F)c(-c4cc(O)cc5ccccc45)ncc3c2n1C1C2CNC1C2. The molecule has 5 atom stereocenters. The van der Waals surface area contributed by atoms with E-state index in [0.29, 0.717) is 34.8 Å². The summed E-state index contributed by atoms with van der Waals surface area (Å²) in [6.45, 7) is 6.27. The van der Waals surface area contributed by atoms with Gasteiger partial charge in [0.2, 0.25) is 5.88 Å². The highest BCUT2D eigenvalue weighted by molar-refractivity contribution is 6.08. The highest BCUT2D eigenvalue weighted by Crippen LogP contribution is 2.48. The Bertz CT molecular complexity index is 1840. The van der Waals surface area contributed by atoms with Crippen LogP contribution in [0.2, 0.25) is 0 Å². The molecule has 0 radical (unpaired) electrons. The zero-order valence-electron chi connectivity index (χ0n) is 23.6. The Morgan fingerprint density at radius 2 is 2.00 bits per heavy atom. The summed E-state index contributed by atoms with van der Waals surface area (Å²) in [4.78, 5) is 11.9. The maximum Gasteiger partial charge on any atom is 0.223 e. The number of halogens is 1. The Hall–Kier alpha value is -3.75. The number of rotatable bonds is 5. The summed E-state index contributed by atoms with van der Waals surface area (Å²) in [5, 5.41) is 17.4. The van der Waals surface area contributed by atoms with Gasteiger partial charge in [-0.1, -0.05) is 24.3 Å². The topological polar surface area (TPSA) is 75.4 Å². The molecule has 0 amide bonds. The van der Waals surface area contributed by atoms with Crippen LogP contribution in [0.4, 0.5) is 4.39 Å². The number of fused-ring (bicyclic) bond motifs is 5. The molecule has 2 N–H and O–H groups in total. The number of hydrogen-bond acceptors (Lipinski definition) is 6. The summed E-state index contributed by atoms with van der Waals surface area (Å²) in [5.74, 6) is 0.595. The largest absolute Gasteiger partial charge is 0.508 e. The summed E-state index contributed by atoms with van der Waals surface area (Å²) in [5.41, 5.74) is 3.02. The van der Waals surface area contributed by atoms with Crippen LogP contribution in [-0.2, 0) is 0 Å². The molecule has 2 aromatic carbocycles. The number of benzene rings is 2. The van der Waals surface area contributed by atoms with Gasteiger partial charge >= 0.3 is 0 Å². The molecule has 4 aliphatic rings. The molecule has 210 valence electrons. The third kappa shape index (κ3) is 3.70. The lowest BCUT2D eigenvalue weighted by Gasteiger charge is -2.37. The number of likely N-dealkylation sites (N-methyl/N-ethyl adjacent to an activating group) is 1. The van der Waals surface area contributed by atoms with Gasteiger partial charge < -0.3 is 19.7 Å². The van der Waals surface area contributed by atoms with Crippen molar-refractivity contribution in [1.82, 2.24) is 24.8 Å². The van der Waals surface area contributed by atoms with Crippen molar-refractivity contribution < 1.29 is 14.2 Å². The van der Waals surface area contributed by atoms with E-state index in [1.807, 2.05) is 24.3 Å². The number of pyridine rings is 2. The van der Waals surface area contributed by atoms with Crippen LogP contribution in [0.3, 0.4) is 0 Å². The molecule has 1 saturated carbocycles. The first-order chi connectivity index (χ1) is 19.9. The lowest BCUT2D eigenvalue weighted by atomic mass is 9.79. The minimum absolute atomic E-state index is 0.0689. The quantitative estimate of drug-likeness (QED) is 0.281. The van der Waals surface area contributed by atoms with E-state index in [2.05, 4.69) is 46.7 Å². The number of ether oxygens (including phenoxy) is 1. The average molecular weight is 552 g/mol. The van der Waals surface area contributed by atoms with Gasteiger partial charge in [-0.25, -0.2) is 9.37 Å². The number of aromatic hydroxyl groups is 1. The van der Waals surface area contributed by atoms with Crippen LogP contribution in [0.25, 0.3) is 43.8 Å². The van der Waals surface area contributed by atoms with Crippen LogP contribution >= 0.6 is 0 Å². The Morgan fingerprint density at radius 3 is 2.76 bits per heavy atom. The third-order valence-electron chi connectivity index (χ3n) is 9.83. The number of nitrogens with zero attached hydrogens (tertiary/aromatic N) is 4. The molecular weight excluding hydrogens is 517 g/mol. The van der Waals surface area contributed by atoms with Crippen LogP contribution in [0.5, 0.6) is 11.6 Å². The van der Waals surface area contributed by atoms with Crippen molar-refractivity contribution >= 4 is 32.6 Å². The molecule has 7 nitrogen and oxygen atoms in total. The van der Waals surface area contributed by atoms with Gasteiger partial charge in [0.05, 0.1) is 16.9 Å². The second-order valence-corrected chi connectivity index (χ2v) is 12.2. The normalized spacial score (nSPS) is 24.9. The molecular formula is C33H34FN5O2. The maximum atomic E-state index is 16.7. The van der Waals surface area contributed by atoms with Crippen LogP contribution in [-0.4, -0.2) is 62.9 Å². The van der Waals surface area contributed by atoms with Gasteiger partial charge in [-0.05, 0) is 81.6 Å². The van der Waals surface area contributed by atoms with Crippen molar-refractivity contribution in [1.29, 1.82) is 0 Å². The smallest absolute Gasteiger partial charge is 0.223 e.